The fourth-order valence-electron chi connectivity index (χ4n) is 2.46. The summed E-state index contributed by atoms with van der Waals surface area (Å²) in [5.41, 5.74) is 3.19. The van der Waals surface area contributed by atoms with Crippen LogP contribution in [0.15, 0.2) is 41.6 Å². The van der Waals surface area contributed by atoms with Crippen LogP contribution in [0, 0.1) is 13.8 Å². The maximum atomic E-state index is 6.20. The molecule has 0 saturated carbocycles. The van der Waals surface area contributed by atoms with Gasteiger partial charge in [-0.05, 0) is 54.8 Å². The molecule has 0 aliphatic carbocycles. The molecule has 0 aliphatic rings. The van der Waals surface area contributed by atoms with Gasteiger partial charge in [0.25, 0.3) is 0 Å². The Labute approximate surface area is 167 Å². The molecule has 0 fully saturated rings. The summed E-state index contributed by atoms with van der Waals surface area (Å²) in [6, 6.07) is 11.7. The third kappa shape index (κ3) is 4.53. The van der Waals surface area contributed by atoms with Gasteiger partial charge in [0.15, 0.2) is 11.0 Å². The molecule has 7 heteroatoms. The fourth-order valence-corrected chi connectivity index (χ4v) is 3.58. The van der Waals surface area contributed by atoms with E-state index in [2.05, 4.69) is 10.2 Å². The van der Waals surface area contributed by atoms with Crippen LogP contribution >= 0.6 is 35.0 Å². The lowest BCUT2D eigenvalue weighted by molar-refractivity contribution is 0.290. The number of hydrogen-bond acceptors (Lipinski definition) is 4. The smallest absolute Gasteiger partial charge is 0.191 e. The second kappa shape index (κ2) is 8.33. The van der Waals surface area contributed by atoms with E-state index < -0.39 is 0 Å². The predicted molar refractivity (Wildman–Crippen MR) is 107 cm³/mol. The van der Waals surface area contributed by atoms with Gasteiger partial charge in [0.1, 0.15) is 12.4 Å². The van der Waals surface area contributed by atoms with Crippen LogP contribution in [0.25, 0.3) is 0 Å². The topological polar surface area (TPSA) is 39.9 Å². The summed E-state index contributed by atoms with van der Waals surface area (Å²) in [7, 11) is 1.95. The van der Waals surface area contributed by atoms with Gasteiger partial charge in [0.2, 0.25) is 0 Å². The van der Waals surface area contributed by atoms with Crippen LogP contribution in [0.3, 0.4) is 0 Å². The molecule has 0 amide bonds. The molecule has 0 radical (unpaired) electrons. The Morgan fingerprint density at radius 1 is 1.04 bits per heavy atom. The monoisotopic (exact) mass is 407 g/mol. The molecule has 1 heterocycles. The van der Waals surface area contributed by atoms with E-state index in [4.69, 9.17) is 27.9 Å². The van der Waals surface area contributed by atoms with Crippen LogP contribution in [-0.4, -0.2) is 14.8 Å². The van der Waals surface area contributed by atoms with E-state index in [0.717, 1.165) is 43.7 Å². The molecule has 0 N–H and O–H groups in total. The second-order valence-corrected chi connectivity index (χ2v) is 7.79. The van der Waals surface area contributed by atoms with Crippen molar-refractivity contribution in [3.8, 4) is 5.75 Å². The lowest BCUT2D eigenvalue weighted by Crippen LogP contribution is -2.04. The van der Waals surface area contributed by atoms with Crippen molar-refractivity contribution >= 4 is 35.0 Å². The summed E-state index contributed by atoms with van der Waals surface area (Å²) in [4.78, 5) is 0. The molecule has 1 aromatic heterocycles. The number of aromatic nitrogens is 3. The molecule has 3 rings (SSSR count). The lowest BCUT2D eigenvalue weighted by atomic mass is 10.1. The Hall–Kier alpha value is -1.69. The minimum Gasteiger partial charge on any atom is -0.486 e. The highest BCUT2D eigenvalue weighted by Gasteiger charge is 2.11. The highest BCUT2D eigenvalue weighted by molar-refractivity contribution is 7.98. The SMILES string of the molecule is Cc1cc(OCc2nnc(SCc3ccc(Cl)cc3)n2C)cc(C)c1Cl. The quantitative estimate of drug-likeness (QED) is 0.497. The summed E-state index contributed by atoms with van der Waals surface area (Å²) < 4.78 is 7.83. The molecule has 0 saturated heterocycles. The van der Waals surface area contributed by atoms with Crippen molar-refractivity contribution in [3.05, 3.63) is 69.0 Å². The number of thioether (sulfide) groups is 1. The van der Waals surface area contributed by atoms with Gasteiger partial charge in [-0.2, -0.15) is 0 Å². The fraction of sp³-hybridized carbons (Fsp3) is 0.263. The molecular formula is C19H19Cl2N3OS. The lowest BCUT2D eigenvalue weighted by Gasteiger charge is -2.10. The van der Waals surface area contributed by atoms with E-state index in [0.29, 0.717) is 6.61 Å². The van der Waals surface area contributed by atoms with Crippen molar-refractivity contribution in [2.24, 2.45) is 7.05 Å². The molecule has 0 aliphatic heterocycles. The van der Waals surface area contributed by atoms with Crippen LogP contribution in [0.5, 0.6) is 5.75 Å². The van der Waals surface area contributed by atoms with Crippen LogP contribution < -0.4 is 4.74 Å². The zero-order valence-electron chi connectivity index (χ0n) is 14.8. The molecule has 4 nitrogen and oxygen atoms in total. The van der Waals surface area contributed by atoms with Gasteiger partial charge in [-0.25, -0.2) is 0 Å². The third-order valence-corrected chi connectivity index (χ3v) is 5.92. The Balaban J connectivity index is 1.62. The van der Waals surface area contributed by atoms with Crippen molar-refractivity contribution in [2.75, 3.05) is 0 Å². The van der Waals surface area contributed by atoms with Gasteiger partial charge in [-0.15, -0.1) is 10.2 Å². The highest BCUT2D eigenvalue weighted by Crippen LogP contribution is 2.27. The number of aryl methyl sites for hydroxylation is 2. The van der Waals surface area contributed by atoms with Gasteiger partial charge < -0.3 is 9.30 Å². The molecule has 136 valence electrons. The Kier molecular flexibility index (Phi) is 6.12. The Morgan fingerprint density at radius 2 is 1.69 bits per heavy atom. The van der Waals surface area contributed by atoms with E-state index in [1.54, 1.807) is 11.8 Å². The number of halogens is 2. The second-order valence-electron chi connectivity index (χ2n) is 6.03. The molecule has 0 atom stereocenters. The van der Waals surface area contributed by atoms with Crippen LogP contribution in [-0.2, 0) is 19.4 Å². The summed E-state index contributed by atoms with van der Waals surface area (Å²) >= 11 is 13.7. The summed E-state index contributed by atoms with van der Waals surface area (Å²) in [6.07, 6.45) is 0. The van der Waals surface area contributed by atoms with Crippen LogP contribution in [0.1, 0.15) is 22.5 Å². The summed E-state index contributed by atoms with van der Waals surface area (Å²) in [6.45, 7) is 4.29. The van der Waals surface area contributed by atoms with E-state index in [1.165, 1.54) is 5.56 Å². The maximum Gasteiger partial charge on any atom is 0.191 e. The Morgan fingerprint density at radius 3 is 2.35 bits per heavy atom. The Bertz CT molecular complexity index is 887. The van der Waals surface area contributed by atoms with Crippen molar-refractivity contribution in [1.29, 1.82) is 0 Å². The molecule has 0 spiro atoms. The molecule has 0 unspecified atom stereocenters. The van der Waals surface area contributed by atoms with Crippen LogP contribution in [0.4, 0.5) is 0 Å². The minimum absolute atomic E-state index is 0.353. The van der Waals surface area contributed by atoms with Crippen LogP contribution in [0.2, 0.25) is 10.0 Å². The molecule has 26 heavy (non-hydrogen) atoms. The van der Waals surface area contributed by atoms with E-state index in [1.807, 2.05) is 61.9 Å². The summed E-state index contributed by atoms with van der Waals surface area (Å²) in [5.74, 6) is 2.36. The normalized spacial score (nSPS) is 11.0. The van der Waals surface area contributed by atoms with Gasteiger partial charge in [0.05, 0.1) is 0 Å². The average Bonchev–Trinajstić information content (AvgIpc) is 2.97. The van der Waals surface area contributed by atoms with Crippen molar-refractivity contribution in [3.63, 3.8) is 0 Å². The first-order chi connectivity index (χ1) is 12.4. The highest BCUT2D eigenvalue weighted by atomic mass is 35.5. The molecular weight excluding hydrogens is 389 g/mol. The number of nitrogens with zero attached hydrogens (tertiary/aromatic N) is 3. The van der Waals surface area contributed by atoms with E-state index in [-0.39, 0.29) is 0 Å². The first kappa shape index (κ1) is 19.1. The number of rotatable bonds is 6. The molecule has 2 aromatic carbocycles. The summed E-state index contributed by atoms with van der Waals surface area (Å²) in [5, 5.41) is 10.9. The van der Waals surface area contributed by atoms with Crippen molar-refractivity contribution in [2.45, 2.75) is 31.4 Å². The van der Waals surface area contributed by atoms with E-state index in [9.17, 15) is 0 Å². The predicted octanol–water partition coefficient (Wildman–Crippen LogP) is 5.61. The molecule has 0 bridgehead atoms. The van der Waals surface area contributed by atoms with Gasteiger partial charge in [0, 0.05) is 22.8 Å². The molecule has 3 aromatic rings. The number of ether oxygens (including phenoxy) is 1. The first-order valence-electron chi connectivity index (χ1n) is 8.09. The zero-order chi connectivity index (χ0) is 18.7. The first-order valence-corrected chi connectivity index (χ1v) is 9.83. The largest absolute Gasteiger partial charge is 0.486 e. The number of benzene rings is 2. The van der Waals surface area contributed by atoms with Gasteiger partial charge >= 0.3 is 0 Å². The van der Waals surface area contributed by atoms with Gasteiger partial charge in [-0.3, -0.25) is 0 Å². The maximum absolute atomic E-state index is 6.20. The average molecular weight is 408 g/mol. The number of hydrogen-bond donors (Lipinski definition) is 0. The third-order valence-electron chi connectivity index (χ3n) is 3.98. The van der Waals surface area contributed by atoms with Gasteiger partial charge in [-0.1, -0.05) is 47.1 Å². The van der Waals surface area contributed by atoms with E-state index >= 15 is 0 Å². The standard InChI is InChI=1S/C19H19Cl2N3OS/c1-12-8-16(9-13(2)18(12)21)25-10-17-22-23-19(24(17)3)26-11-14-4-6-15(20)7-5-14/h4-9H,10-11H2,1-3H3. The van der Waals surface area contributed by atoms with Crippen molar-refractivity contribution < 1.29 is 4.74 Å². The van der Waals surface area contributed by atoms with Crippen molar-refractivity contribution in [1.82, 2.24) is 14.8 Å². The zero-order valence-corrected chi connectivity index (χ0v) is 17.1. The minimum atomic E-state index is 0.353.